The fourth-order valence-corrected chi connectivity index (χ4v) is 0.447. The third-order valence-corrected chi connectivity index (χ3v) is 0.941. The summed E-state index contributed by atoms with van der Waals surface area (Å²) in [4.78, 5) is 0. The van der Waals surface area contributed by atoms with E-state index in [0.717, 1.165) is 6.54 Å². The van der Waals surface area contributed by atoms with Crippen molar-refractivity contribution < 1.29 is 0 Å². The zero-order valence-electron chi connectivity index (χ0n) is 5.36. The van der Waals surface area contributed by atoms with E-state index in [1.54, 1.807) is 0 Å². The fourth-order valence-electron chi connectivity index (χ4n) is 0.447. The molecule has 2 heteroatoms. The van der Waals surface area contributed by atoms with Crippen molar-refractivity contribution in [1.29, 1.82) is 0 Å². The second-order valence-electron chi connectivity index (χ2n) is 1.65. The van der Waals surface area contributed by atoms with Crippen LogP contribution in [0.3, 0.4) is 0 Å². The van der Waals surface area contributed by atoms with E-state index in [4.69, 9.17) is 0 Å². The molecule has 0 atom stereocenters. The maximum Gasteiger partial charge on any atom is 0.0125 e. The Morgan fingerprint density at radius 2 is 2.14 bits per heavy atom. The van der Waals surface area contributed by atoms with Crippen LogP contribution >= 0.6 is 0 Å². The summed E-state index contributed by atoms with van der Waals surface area (Å²) in [7, 11) is 3.96. The number of rotatable bonds is 3. The molecule has 0 rings (SSSR count). The van der Waals surface area contributed by atoms with Gasteiger partial charge < -0.3 is 0 Å². The van der Waals surface area contributed by atoms with Gasteiger partial charge in [0.25, 0.3) is 0 Å². The minimum Gasteiger partial charge on any atom is -0.259 e. The molecule has 0 saturated carbocycles. The van der Waals surface area contributed by atoms with Gasteiger partial charge in [0.2, 0.25) is 0 Å². The summed E-state index contributed by atoms with van der Waals surface area (Å²) in [5.41, 5.74) is 3.00. The normalized spacial score (nSPS) is 10.3. The third-order valence-electron chi connectivity index (χ3n) is 0.941. The molecule has 7 heavy (non-hydrogen) atoms. The summed E-state index contributed by atoms with van der Waals surface area (Å²) < 4.78 is 0. The van der Waals surface area contributed by atoms with Crippen LogP contribution in [0.4, 0.5) is 0 Å². The molecule has 0 saturated heterocycles. The highest BCUT2D eigenvalue weighted by Gasteiger charge is 1.85. The molecular formula is C5H14N2. The maximum absolute atomic E-state index is 3.00. The molecule has 0 aromatic rings. The Bertz CT molecular complexity index is 37.1. The van der Waals surface area contributed by atoms with Crippen LogP contribution in [0.2, 0.25) is 0 Å². The van der Waals surface area contributed by atoms with Crippen LogP contribution in [0.25, 0.3) is 0 Å². The highest BCUT2D eigenvalue weighted by atomic mass is 15.5. The summed E-state index contributed by atoms with van der Waals surface area (Å²) in [6.45, 7) is 3.28. The van der Waals surface area contributed by atoms with Gasteiger partial charge in [-0.2, -0.15) is 0 Å². The van der Waals surface area contributed by atoms with Crippen molar-refractivity contribution in [3.63, 3.8) is 0 Å². The lowest BCUT2D eigenvalue weighted by Gasteiger charge is -2.11. The second-order valence-corrected chi connectivity index (χ2v) is 1.65. The molecular weight excluding hydrogens is 88.1 g/mol. The first-order valence-corrected chi connectivity index (χ1v) is 2.69. The van der Waals surface area contributed by atoms with E-state index >= 15 is 0 Å². The van der Waals surface area contributed by atoms with Crippen LogP contribution in [-0.4, -0.2) is 25.6 Å². The lowest BCUT2D eigenvalue weighted by Crippen LogP contribution is -2.31. The van der Waals surface area contributed by atoms with Crippen molar-refractivity contribution in [2.45, 2.75) is 13.3 Å². The molecule has 0 unspecified atom stereocenters. The van der Waals surface area contributed by atoms with E-state index in [9.17, 15) is 0 Å². The Morgan fingerprint density at radius 3 is 2.29 bits per heavy atom. The molecule has 0 radical (unpaired) electrons. The highest BCUT2D eigenvalue weighted by Crippen LogP contribution is 1.76. The van der Waals surface area contributed by atoms with E-state index in [-0.39, 0.29) is 0 Å². The molecule has 2 nitrogen and oxygen atoms in total. The van der Waals surface area contributed by atoms with Crippen molar-refractivity contribution in [2.75, 3.05) is 20.6 Å². The number of hydrogen-bond acceptors (Lipinski definition) is 2. The maximum atomic E-state index is 3.00. The predicted octanol–water partition coefficient (Wildman–Crippen LogP) is 0.463. The van der Waals surface area contributed by atoms with E-state index in [1.807, 2.05) is 14.1 Å². The average Bonchev–Trinajstić information content (AvgIpc) is 1.68. The van der Waals surface area contributed by atoms with Crippen LogP contribution in [-0.2, 0) is 0 Å². The molecule has 0 aliphatic rings. The van der Waals surface area contributed by atoms with Crippen molar-refractivity contribution in [3.8, 4) is 0 Å². The Labute approximate surface area is 45.5 Å². The lowest BCUT2D eigenvalue weighted by atomic mass is 10.5. The zero-order chi connectivity index (χ0) is 5.70. The summed E-state index contributed by atoms with van der Waals surface area (Å²) in [5.74, 6) is 0. The van der Waals surface area contributed by atoms with Gasteiger partial charge >= 0.3 is 0 Å². The van der Waals surface area contributed by atoms with Gasteiger partial charge in [-0.05, 0) is 13.5 Å². The summed E-state index contributed by atoms with van der Waals surface area (Å²) >= 11 is 0. The second kappa shape index (κ2) is 4.09. The van der Waals surface area contributed by atoms with Crippen molar-refractivity contribution in [2.24, 2.45) is 0 Å². The van der Waals surface area contributed by atoms with Crippen LogP contribution < -0.4 is 5.43 Å². The summed E-state index contributed by atoms with van der Waals surface area (Å²) in [6, 6.07) is 0. The highest BCUT2D eigenvalue weighted by molar-refractivity contribution is 4.35. The van der Waals surface area contributed by atoms with Crippen molar-refractivity contribution >= 4 is 0 Å². The topological polar surface area (TPSA) is 15.3 Å². The Balaban J connectivity index is 2.83. The summed E-state index contributed by atoms with van der Waals surface area (Å²) in [5, 5.41) is 2.06. The van der Waals surface area contributed by atoms with E-state index in [2.05, 4.69) is 17.4 Å². The quantitative estimate of drug-likeness (QED) is 0.521. The van der Waals surface area contributed by atoms with E-state index in [0.29, 0.717) is 0 Å². The molecule has 0 aliphatic carbocycles. The Morgan fingerprint density at radius 1 is 1.57 bits per heavy atom. The SMILES string of the molecule is CCCN(C)NC. The average molecular weight is 102 g/mol. The summed E-state index contributed by atoms with van der Waals surface area (Å²) in [6.07, 6.45) is 1.21. The van der Waals surface area contributed by atoms with Crippen LogP contribution in [0.1, 0.15) is 13.3 Å². The first kappa shape index (κ1) is 6.92. The van der Waals surface area contributed by atoms with Gasteiger partial charge in [-0.15, -0.1) is 0 Å². The number of nitrogens with one attached hydrogen (secondary N) is 1. The minimum atomic E-state index is 1.12. The largest absolute Gasteiger partial charge is 0.259 e. The molecule has 44 valence electrons. The number of hydrazine groups is 1. The number of hydrogen-bond donors (Lipinski definition) is 1. The first-order valence-electron chi connectivity index (χ1n) is 2.69. The molecule has 0 aliphatic heterocycles. The van der Waals surface area contributed by atoms with Crippen LogP contribution in [0, 0.1) is 0 Å². The van der Waals surface area contributed by atoms with Gasteiger partial charge in [-0.3, -0.25) is 5.43 Å². The molecule has 0 bridgehead atoms. The van der Waals surface area contributed by atoms with Gasteiger partial charge in [0, 0.05) is 13.6 Å². The molecule has 0 fully saturated rings. The Hall–Kier alpha value is -0.0800. The minimum absolute atomic E-state index is 1.12. The third kappa shape index (κ3) is 3.76. The fraction of sp³-hybridized carbons (Fsp3) is 1.00. The van der Waals surface area contributed by atoms with Gasteiger partial charge in [0.05, 0.1) is 0 Å². The van der Waals surface area contributed by atoms with Gasteiger partial charge in [0.15, 0.2) is 0 Å². The lowest BCUT2D eigenvalue weighted by molar-refractivity contribution is 0.261. The first-order chi connectivity index (χ1) is 3.31. The Kier molecular flexibility index (Phi) is 4.04. The standard InChI is InChI=1S/C5H14N2/c1-4-5-7(3)6-2/h6H,4-5H2,1-3H3. The number of nitrogens with zero attached hydrogens (tertiary/aromatic N) is 1. The van der Waals surface area contributed by atoms with E-state index in [1.165, 1.54) is 6.42 Å². The molecule has 1 N–H and O–H groups in total. The van der Waals surface area contributed by atoms with Gasteiger partial charge in [-0.1, -0.05) is 6.92 Å². The van der Waals surface area contributed by atoms with Gasteiger partial charge in [0.1, 0.15) is 0 Å². The monoisotopic (exact) mass is 102 g/mol. The molecule has 0 heterocycles. The molecule has 0 amide bonds. The van der Waals surface area contributed by atoms with E-state index < -0.39 is 0 Å². The van der Waals surface area contributed by atoms with Gasteiger partial charge in [-0.25, -0.2) is 5.01 Å². The predicted molar refractivity (Wildman–Crippen MR) is 32.0 cm³/mol. The molecule has 0 spiro atoms. The van der Waals surface area contributed by atoms with Crippen molar-refractivity contribution in [1.82, 2.24) is 10.4 Å². The molecule has 0 aromatic carbocycles. The van der Waals surface area contributed by atoms with Crippen LogP contribution in [0.5, 0.6) is 0 Å². The zero-order valence-corrected chi connectivity index (χ0v) is 5.36. The molecule has 0 aromatic heterocycles. The smallest absolute Gasteiger partial charge is 0.0125 e. The van der Waals surface area contributed by atoms with Crippen molar-refractivity contribution in [3.05, 3.63) is 0 Å². The van der Waals surface area contributed by atoms with Crippen LogP contribution in [0.15, 0.2) is 0 Å².